The van der Waals surface area contributed by atoms with Crippen LogP contribution >= 0.6 is 7.82 Å². The topological polar surface area (TPSA) is 134 Å². The second-order valence-corrected chi connectivity index (χ2v) is 16.5. The van der Waals surface area contributed by atoms with Gasteiger partial charge in [-0.15, -0.1) is 0 Å². The molecule has 0 spiro atoms. The molecular weight excluding hydrogens is 677 g/mol. The molecule has 0 amide bonds. The minimum atomic E-state index is -4.31. The van der Waals surface area contributed by atoms with Gasteiger partial charge < -0.3 is 20.1 Å². The first-order valence-corrected chi connectivity index (χ1v) is 23.5. The van der Waals surface area contributed by atoms with Gasteiger partial charge in [0.15, 0.2) is 0 Å². The summed E-state index contributed by atoms with van der Waals surface area (Å²) in [4.78, 5) is 34.7. The van der Waals surface area contributed by atoms with E-state index in [9.17, 15) is 19.0 Å². The largest absolute Gasteiger partial charge is 0.472 e. The van der Waals surface area contributed by atoms with Crippen molar-refractivity contribution in [2.45, 2.75) is 219 Å². The number of phosphoric ester groups is 1. The number of esters is 2. The lowest BCUT2D eigenvalue weighted by Gasteiger charge is -2.19. The van der Waals surface area contributed by atoms with Gasteiger partial charge in [-0.2, -0.15) is 0 Å². The quantitative estimate of drug-likeness (QED) is 0.0354. The molecule has 3 N–H and O–H groups in total. The van der Waals surface area contributed by atoms with Gasteiger partial charge in [0.25, 0.3) is 0 Å². The summed E-state index contributed by atoms with van der Waals surface area (Å²) in [6.45, 7) is 4.08. The Bertz CT molecular complexity index is 780. The van der Waals surface area contributed by atoms with E-state index < -0.39 is 13.7 Å². The monoisotopic (exact) mass is 762 g/mol. The van der Waals surface area contributed by atoms with Gasteiger partial charge in [-0.25, -0.2) is 4.57 Å². The number of unbranched alkanes of at least 4 members (excludes halogenated alkanes) is 28. The Morgan fingerprint density at radius 2 is 0.769 bits per heavy atom. The van der Waals surface area contributed by atoms with Gasteiger partial charge in [-0.05, 0) is 12.8 Å². The van der Waals surface area contributed by atoms with E-state index in [0.717, 1.165) is 38.5 Å². The molecule has 0 saturated carbocycles. The fraction of sp³-hybridized carbons (Fsp3) is 0.952. The van der Waals surface area contributed by atoms with Crippen molar-refractivity contribution < 1.29 is 37.6 Å². The summed E-state index contributed by atoms with van der Waals surface area (Å²) in [5.41, 5.74) is 5.36. The summed E-state index contributed by atoms with van der Waals surface area (Å²) in [6.07, 6.45) is 38.4. The van der Waals surface area contributed by atoms with E-state index in [2.05, 4.69) is 13.8 Å². The number of phosphoric acid groups is 1. The second kappa shape index (κ2) is 39.7. The zero-order valence-corrected chi connectivity index (χ0v) is 35.0. The van der Waals surface area contributed by atoms with E-state index in [1.807, 2.05) is 0 Å². The molecule has 0 aliphatic carbocycles. The van der Waals surface area contributed by atoms with Crippen molar-refractivity contribution in [1.82, 2.24) is 0 Å². The van der Waals surface area contributed by atoms with Gasteiger partial charge in [-0.3, -0.25) is 18.6 Å². The maximum Gasteiger partial charge on any atom is 0.472 e. The van der Waals surface area contributed by atoms with Crippen LogP contribution in [0.3, 0.4) is 0 Å². The SMILES string of the molecule is CCCCCCCCCCCCCCCCCC(=O)OCC(COC(=O)CCCCCCCCCCCCCCCCC)COP(=O)(O)OCCN. The lowest BCUT2D eigenvalue weighted by atomic mass is 10.0. The Morgan fingerprint density at radius 3 is 1.06 bits per heavy atom. The van der Waals surface area contributed by atoms with Crippen molar-refractivity contribution in [2.24, 2.45) is 11.7 Å². The van der Waals surface area contributed by atoms with Crippen LogP contribution in [0.1, 0.15) is 219 Å². The fourth-order valence-electron chi connectivity index (χ4n) is 6.40. The Balaban J connectivity index is 4.09. The smallest absolute Gasteiger partial charge is 0.465 e. The van der Waals surface area contributed by atoms with E-state index in [-0.39, 0.29) is 44.9 Å². The first-order valence-electron chi connectivity index (χ1n) is 22.0. The molecule has 0 bridgehead atoms. The summed E-state index contributed by atoms with van der Waals surface area (Å²) in [5, 5.41) is 0. The number of nitrogens with two attached hydrogens (primary N) is 1. The maximum atomic E-state index is 12.4. The number of hydrogen-bond donors (Lipinski definition) is 2. The molecule has 0 saturated heterocycles. The zero-order valence-electron chi connectivity index (χ0n) is 34.1. The third kappa shape index (κ3) is 38.7. The highest BCUT2D eigenvalue weighted by Crippen LogP contribution is 2.43. The third-order valence-corrected chi connectivity index (χ3v) is 10.8. The van der Waals surface area contributed by atoms with Gasteiger partial charge >= 0.3 is 19.8 Å². The molecule has 0 aromatic carbocycles. The van der Waals surface area contributed by atoms with Crippen LogP contribution in [0.25, 0.3) is 0 Å². The van der Waals surface area contributed by atoms with Crippen LogP contribution in [0.5, 0.6) is 0 Å². The molecule has 0 aliphatic heterocycles. The second-order valence-electron chi connectivity index (χ2n) is 15.0. The Hall–Kier alpha value is -0.990. The molecule has 0 aliphatic rings. The third-order valence-electron chi connectivity index (χ3n) is 9.77. The highest BCUT2D eigenvalue weighted by Gasteiger charge is 2.25. The van der Waals surface area contributed by atoms with Crippen LogP contribution in [0, 0.1) is 5.92 Å². The van der Waals surface area contributed by atoms with Gasteiger partial charge in [0.2, 0.25) is 0 Å². The number of hydrogen-bond acceptors (Lipinski definition) is 8. The summed E-state index contributed by atoms with van der Waals surface area (Å²) in [6, 6.07) is 0. The molecule has 310 valence electrons. The van der Waals surface area contributed by atoms with Crippen molar-refractivity contribution in [3.63, 3.8) is 0 Å². The van der Waals surface area contributed by atoms with Crippen molar-refractivity contribution in [1.29, 1.82) is 0 Å². The zero-order chi connectivity index (χ0) is 38.2. The molecule has 0 aromatic rings. The molecule has 0 rings (SSSR count). The molecule has 10 heteroatoms. The number of ether oxygens (including phenoxy) is 2. The molecule has 9 nitrogen and oxygen atoms in total. The van der Waals surface area contributed by atoms with Crippen molar-refractivity contribution >= 4 is 19.8 Å². The molecule has 0 aromatic heterocycles. The first kappa shape index (κ1) is 51.0. The minimum absolute atomic E-state index is 0.0687. The van der Waals surface area contributed by atoms with Gasteiger partial charge in [-0.1, -0.05) is 194 Å². The Labute approximate surface area is 320 Å². The molecular formula is C42H84NO8P. The molecule has 1 unspecified atom stereocenters. The van der Waals surface area contributed by atoms with E-state index in [1.54, 1.807) is 0 Å². The summed E-state index contributed by atoms with van der Waals surface area (Å²) in [7, 11) is -4.31. The van der Waals surface area contributed by atoms with Crippen LogP contribution in [0.15, 0.2) is 0 Å². The summed E-state index contributed by atoms with van der Waals surface area (Å²) in [5.74, 6) is -1.23. The molecule has 52 heavy (non-hydrogen) atoms. The van der Waals surface area contributed by atoms with E-state index in [0.29, 0.717) is 12.8 Å². The first-order chi connectivity index (χ1) is 25.3. The Kier molecular flexibility index (Phi) is 38.9. The molecule has 0 radical (unpaired) electrons. The predicted octanol–water partition coefficient (Wildman–Crippen LogP) is 12.3. The van der Waals surface area contributed by atoms with Gasteiger partial charge in [0.1, 0.15) is 0 Å². The summed E-state index contributed by atoms with van der Waals surface area (Å²) < 4.78 is 32.9. The van der Waals surface area contributed by atoms with Crippen LogP contribution < -0.4 is 5.73 Å². The van der Waals surface area contributed by atoms with Crippen LogP contribution in [0.4, 0.5) is 0 Å². The van der Waals surface area contributed by atoms with Crippen LogP contribution in [-0.4, -0.2) is 49.8 Å². The highest BCUT2D eigenvalue weighted by molar-refractivity contribution is 7.47. The Morgan fingerprint density at radius 1 is 0.481 bits per heavy atom. The predicted molar refractivity (Wildman–Crippen MR) is 215 cm³/mol. The average molecular weight is 762 g/mol. The molecule has 0 fully saturated rings. The lowest BCUT2D eigenvalue weighted by molar-refractivity contribution is -0.149. The van der Waals surface area contributed by atoms with Crippen molar-refractivity contribution in [3.05, 3.63) is 0 Å². The van der Waals surface area contributed by atoms with Gasteiger partial charge in [0.05, 0.1) is 32.3 Å². The molecule has 0 heterocycles. The van der Waals surface area contributed by atoms with E-state index >= 15 is 0 Å². The number of rotatable bonds is 42. The summed E-state index contributed by atoms with van der Waals surface area (Å²) >= 11 is 0. The highest BCUT2D eigenvalue weighted by atomic mass is 31.2. The van der Waals surface area contributed by atoms with E-state index in [4.69, 9.17) is 24.3 Å². The molecule has 1 atom stereocenters. The normalized spacial score (nSPS) is 12.7. The van der Waals surface area contributed by atoms with Crippen molar-refractivity contribution in [3.8, 4) is 0 Å². The van der Waals surface area contributed by atoms with Gasteiger partial charge in [0, 0.05) is 19.4 Å². The van der Waals surface area contributed by atoms with Crippen LogP contribution in [-0.2, 0) is 32.7 Å². The lowest BCUT2D eigenvalue weighted by Crippen LogP contribution is -2.25. The number of carbonyl (C=O) groups is 2. The average Bonchev–Trinajstić information content (AvgIpc) is 3.13. The van der Waals surface area contributed by atoms with Crippen molar-refractivity contribution in [2.75, 3.05) is 33.0 Å². The van der Waals surface area contributed by atoms with Crippen LogP contribution in [0.2, 0.25) is 0 Å². The maximum absolute atomic E-state index is 12.4. The van der Waals surface area contributed by atoms with E-state index in [1.165, 1.54) is 154 Å². The number of carbonyl (C=O) groups excluding carboxylic acids is 2. The fourth-order valence-corrected chi connectivity index (χ4v) is 7.21. The minimum Gasteiger partial charge on any atom is -0.465 e. The standard InChI is InChI=1S/C42H84NO8P/c1-3-5-7-9-11-13-15-17-19-21-23-25-27-29-31-33-41(44)48-37-40(39-51-52(46,47)50-36-35-43)38-49-42(45)34-32-30-28-26-24-22-20-18-16-14-12-10-8-6-4-2/h40H,3-39,43H2,1-2H3,(H,46,47).